The zero-order chi connectivity index (χ0) is 11.6. The normalized spacial score (nSPS) is 11.1. The van der Waals surface area contributed by atoms with E-state index in [1.807, 2.05) is 0 Å². The summed E-state index contributed by atoms with van der Waals surface area (Å²) in [5, 5.41) is 2.13. The molecule has 0 spiro atoms. The molecule has 2 amide bonds. The van der Waals surface area contributed by atoms with Gasteiger partial charge in [-0.3, -0.25) is 0 Å². The molecule has 0 unspecified atom stereocenters. The van der Waals surface area contributed by atoms with Gasteiger partial charge in [0.1, 0.15) is 10.7 Å². The quantitative estimate of drug-likeness (QED) is 0.787. The Kier molecular flexibility index (Phi) is 2.94. The van der Waals surface area contributed by atoms with Gasteiger partial charge in [-0.2, -0.15) is 0 Å². The average molecular weight is 232 g/mol. The van der Waals surface area contributed by atoms with Gasteiger partial charge in [0, 0.05) is 11.9 Å². The summed E-state index contributed by atoms with van der Waals surface area (Å²) in [7, 11) is -3.60. The van der Waals surface area contributed by atoms with Crippen molar-refractivity contribution in [1.29, 1.82) is 0 Å². The minimum Gasteiger partial charge on any atom is -0.351 e. The number of sulfone groups is 1. The number of amides is 2. The molecule has 0 saturated carbocycles. The number of primary amides is 1. The predicted octanol–water partition coefficient (Wildman–Crippen LogP) is 0.720. The van der Waals surface area contributed by atoms with Crippen LogP contribution < -0.4 is 11.1 Å². The Morgan fingerprint density at radius 3 is 2.47 bits per heavy atom. The number of urea groups is 1. The van der Waals surface area contributed by atoms with Crippen LogP contribution in [0.2, 0.25) is 0 Å². The highest BCUT2D eigenvalue weighted by Gasteiger charge is 2.13. The van der Waals surface area contributed by atoms with E-state index in [0.29, 0.717) is 0 Å². The highest BCUT2D eigenvalue weighted by Crippen LogP contribution is 2.18. The maximum absolute atomic E-state index is 13.2. The lowest BCUT2D eigenvalue weighted by Gasteiger charge is -2.04. The first-order chi connectivity index (χ1) is 6.80. The fraction of sp³-hybridized carbons (Fsp3) is 0.125. The fourth-order valence-corrected chi connectivity index (χ4v) is 1.75. The highest BCUT2D eigenvalue weighted by molar-refractivity contribution is 7.90. The van der Waals surface area contributed by atoms with E-state index in [0.717, 1.165) is 18.4 Å². The zero-order valence-electron chi connectivity index (χ0n) is 7.82. The molecule has 0 heterocycles. The number of benzene rings is 1. The van der Waals surface area contributed by atoms with Crippen molar-refractivity contribution >= 4 is 21.6 Å². The number of hydrogen-bond donors (Lipinski definition) is 2. The number of carbonyl (C=O) groups excluding carboxylic acids is 1. The number of nitrogens with one attached hydrogen (secondary N) is 1. The molecule has 1 rings (SSSR count). The van der Waals surface area contributed by atoms with E-state index in [1.54, 1.807) is 0 Å². The van der Waals surface area contributed by atoms with Crippen LogP contribution >= 0.6 is 0 Å². The van der Waals surface area contributed by atoms with Gasteiger partial charge in [-0.05, 0) is 18.2 Å². The van der Waals surface area contributed by atoms with Crippen molar-refractivity contribution in [3.05, 3.63) is 24.0 Å². The smallest absolute Gasteiger partial charge is 0.316 e. The van der Waals surface area contributed by atoms with E-state index in [2.05, 4.69) is 5.32 Å². The molecule has 15 heavy (non-hydrogen) atoms. The molecule has 0 aliphatic carbocycles. The molecule has 0 aliphatic heterocycles. The minimum absolute atomic E-state index is 0.104. The molecule has 0 aliphatic rings. The maximum atomic E-state index is 13.2. The third-order valence-corrected chi connectivity index (χ3v) is 2.73. The molecule has 0 bridgehead atoms. The van der Waals surface area contributed by atoms with Crippen molar-refractivity contribution in [3.63, 3.8) is 0 Å². The number of rotatable bonds is 2. The molecule has 1 aromatic carbocycles. The van der Waals surface area contributed by atoms with Gasteiger partial charge in [-0.15, -0.1) is 0 Å². The summed E-state index contributed by atoms with van der Waals surface area (Å²) in [6.45, 7) is 0. The average Bonchev–Trinajstić information content (AvgIpc) is 1.99. The summed E-state index contributed by atoms with van der Waals surface area (Å²) in [4.78, 5) is 10.0. The molecule has 1 aromatic rings. The van der Waals surface area contributed by atoms with Crippen LogP contribution in [0.25, 0.3) is 0 Å². The Morgan fingerprint density at radius 1 is 1.47 bits per heavy atom. The van der Waals surface area contributed by atoms with Crippen LogP contribution in [0.4, 0.5) is 14.9 Å². The summed E-state index contributed by atoms with van der Waals surface area (Å²) in [5.41, 5.74) is 4.91. The van der Waals surface area contributed by atoms with Gasteiger partial charge >= 0.3 is 6.03 Å². The van der Waals surface area contributed by atoms with Gasteiger partial charge in [0.05, 0.1) is 0 Å². The number of hydrogen-bond acceptors (Lipinski definition) is 3. The molecule has 0 fully saturated rings. The molecular formula is C8H9FN2O3S. The predicted molar refractivity (Wildman–Crippen MR) is 52.7 cm³/mol. The Balaban J connectivity index is 3.15. The largest absolute Gasteiger partial charge is 0.351 e. The Morgan fingerprint density at radius 2 is 2.07 bits per heavy atom. The first kappa shape index (κ1) is 11.4. The van der Waals surface area contributed by atoms with Crippen LogP contribution in [-0.2, 0) is 9.84 Å². The summed E-state index contributed by atoms with van der Waals surface area (Å²) in [6.07, 6.45) is 0.895. The van der Waals surface area contributed by atoms with Crippen molar-refractivity contribution in [2.75, 3.05) is 11.6 Å². The molecule has 0 saturated heterocycles. The molecule has 0 aromatic heterocycles. The van der Waals surface area contributed by atoms with Crippen molar-refractivity contribution in [2.24, 2.45) is 5.73 Å². The van der Waals surface area contributed by atoms with Crippen LogP contribution in [0.15, 0.2) is 23.1 Å². The van der Waals surface area contributed by atoms with Crippen LogP contribution in [0, 0.1) is 5.82 Å². The monoisotopic (exact) mass is 232 g/mol. The first-order valence-electron chi connectivity index (χ1n) is 3.87. The summed E-state index contributed by atoms with van der Waals surface area (Å²) in [6, 6.07) is 2.36. The summed E-state index contributed by atoms with van der Waals surface area (Å²) < 4.78 is 35.3. The van der Waals surface area contributed by atoms with Crippen LogP contribution in [-0.4, -0.2) is 20.7 Å². The van der Waals surface area contributed by atoms with Gasteiger partial charge in [-0.25, -0.2) is 17.6 Å². The van der Waals surface area contributed by atoms with E-state index in [-0.39, 0.29) is 5.69 Å². The number of anilines is 1. The lowest BCUT2D eigenvalue weighted by Crippen LogP contribution is -2.19. The topological polar surface area (TPSA) is 89.3 Å². The number of nitrogens with two attached hydrogens (primary N) is 1. The van der Waals surface area contributed by atoms with Crippen LogP contribution in [0.1, 0.15) is 0 Å². The molecule has 0 atom stereocenters. The van der Waals surface area contributed by atoms with Crippen molar-refractivity contribution < 1.29 is 17.6 Å². The number of halogens is 1. The van der Waals surface area contributed by atoms with E-state index in [4.69, 9.17) is 5.73 Å². The highest BCUT2D eigenvalue weighted by atomic mass is 32.2. The minimum atomic E-state index is -3.60. The Labute approximate surface area is 86.0 Å². The Bertz CT molecular complexity index is 499. The maximum Gasteiger partial charge on any atom is 0.316 e. The van der Waals surface area contributed by atoms with Crippen molar-refractivity contribution in [1.82, 2.24) is 0 Å². The van der Waals surface area contributed by atoms with Gasteiger partial charge < -0.3 is 11.1 Å². The zero-order valence-corrected chi connectivity index (χ0v) is 8.64. The number of carbonyl (C=O) groups is 1. The molecule has 82 valence electrons. The molecule has 7 heteroatoms. The van der Waals surface area contributed by atoms with Gasteiger partial charge in [0.2, 0.25) is 0 Å². The summed E-state index contributed by atoms with van der Waals surface area (Å²) in [5.74, 6) is -0.927. The van der Waals surface area contributed by atoms with E-state index < -0.39 is 26.6 Å². The third-order valence-electron chi connectivity index (χ3n) is 1.60. The first-order valence-corrected chi connectivity index (χ1v) is 5.76. The summed E-state index contributed by atoms with van der Waals surface area (Å²) >= 11 is 0. The van der Waals surface area contributed by atoms with Crippen LogP contribution in [0.3, 0.4) is 0 Å². The fourth-order valence-electron chi connectivity index (χ4n) is 1.02. The van der Waals surface area contributed by atoms with E-state index in [9.17, 15) is 17.6 Å². The lowest BCUT2D eigenvalue weighted by molar-refractivity contribution is 0.259. The second-order valence-electron chi connectivity index (χ2n) is 2.91. The molecular weight excluding hydrogens is 223 g/mol. The second kappa shape index (κ2) is 3.85. The third kappa shape index (κ3) is 2.91. The SMILES string of the molecule is CS(=O)(=O)c1ccc(NC(N)=O)cc1F. The molecule has 0 radical (unpaired) electrons. The van der Waals surface area contributed by atoms with Crippen molar-refractivity contribution in [3.8, 4) is 0 Å². The standard InChI is InChI=1S/C8H9FN2O3S/c1-15(13,14)7-3-2-5(4-6(7)9)11-8(10)12/h2-4H,1H3,(H3,10,11,12). The van der Waals surface area contributed by atoms with E-state index in [1.165, 1.54) is 6.07 Å². The van der Waals surface area contributed by atoms with Crippen molar-refractivity contribution in [2.45, 2.75) is 4.90 Å². The lowest BCUT2D eigenvalue weighted by atomic mass is 10.3. The van der Waals surface area contributed by atoms with Crippen LogP contribution in [0.5, 0.6) is 0 Å². The Hall–Kier alpha value is -1.63. The van der Waals surface area contributed by atoms with Gasteiger partial charge in [0.15, 0.2) is 9.84 Å². The second-order valence-corrected chi connectivity index (χ2v) is 4.89. The van der Waals surface area contributed by atoms with Gasteiger partial charge in [-0.1, -0.05) is 0 Å². The molecule has 3 N–H and O–H groups in total. The molecule has 5 nitrogen and oxygen atoms in total. The van der Waals surface area contributed by atoms with E-state index >= 15 is 0 Å². The van der Waals surface area contributed by atoms with Gasteiger partial charge in [0.25, 0.3) is 0 Å².